The Morgan fingerprint density at radius 1 is 1.32 bits per heavy atom. The van der Waals surface area contributed by atoms with Gasteiger partial charge in [-0.3, -0.25) is 4.79 Å². The zero-order chi connectivity index (χ0) is 15.1. The number of rotatable bonds is 8. The molecule has 19 heavy (non-hydrogen) atoms. The summed E-state index contributed by atoms with van der Waals surface area (Å²) in [7, 11) is -1.70. The second-order valence-corrected chi connectivity index (χ2v) is 6.20. The molecule has 9 heteroatoms. The molecule has 0 rings (SSSR count). The Hall–Kier alpha value is -1.35. The molecule has 0 fully saturated rings. The number of nitrogens with zero attached hydrogens (tertiary/aromatic N) is 1. The van der Waals surface area contributed by atoms with E-state index in [9.17, 15) is 18.0 Å². The number of aliphatic carboxylic acids is 1. The molecule has 0 aromatic heterocycles. The SMILES string of the molecule is CC(CN(C)C(=O)NCCCNS(C)(=O)=O)C(=O)O. The molecule has 0 spiro atoms. The van der Waals surface area contributed by atoms with Gasteiger partial charge in [0.25, 0.3) is 0 Å². The fraction of sp³-hybridized carbons (Fsp3) is 0.800. The molecule has 3 N–H and O–H groups in total. The number of carbonyl (C=O) groups is 2. The highest BCUT2D eigenvalue weighted by atomic mass is 32.2. The standard InChI is InChI=1S/C10H21N3O5S/c1-8(9(14)15)7-13(2)10(16)11-5-4-6-12-19(3,17)18/h8,12H,4-7H2,1-3H3,(H,11,16)(H,14,15). The van der Waals surface area contributed by atoms with Crippen molar-refractivity contribution in [2.75, 3.05) is 32.9 Å². The lowest BCUT2D eigenvalue weighted by molar-refractivity contribution is -0.141. The normalized spacial score (nSPS) is 12.8. The molecule has 0 aromatic carbocycles. The van der Waals surface area contributed by atoms with E-state index >= 15 is 0 Å². The summed E-state index contributed by atoms with van der Waals surface area (Å²) in [5, 5.41) is 11.3. The number of carboxylic acid groups (broad SMARTS) is 1. The lowest BCUT2D eigenvalue weighted by atomic mass is 10.2. The van der Waals surface area contributed by atoms with Crippen LogP contribution in [0.4, 0.5) is 4.79 Å². The van der Waals surface area contributed by atoms with Crippen LogP contribution in [0.2, 0.25) is 0 Å². The van der Waals surface area contributed by atoms with E-state index in [1.165, 1.54) is 18.9 Å². The zero-order valence-corrected chi connectivity index (χ0v) is 12.2. The first-order valence-corrected chi connectivity index (χ1v) is 7.69. The quantitative estimate of drug-likeness (QED) is 0.511. The number of carboxylic acids is 1. The van der Waals surface area contributed by atoms with Crippen molar-refractivity contribution in [3.8, 4) is 0 Å². The molecule has 2 amide bonds. The van der Waals surface area contributed by atoms with Crippen molar-refractivity contribution in [2.45, 2.75) is 13.3 Å². The maximum Gasteiger partial charge on any atom is 0.317 e. The van der Waals surface area contributed by atoms with Crippen molar-refractivity contribution in [1.29, 1.82) is 0 Å². The van der Waals surface area contributed by atoms with Crippen LogP contribution in [0.5, 0.6) is 0 Å². The third-order valence-electron chi connectivity index (χ3n) is 2.31. The van der Waals surface area contributed by atoms with Crippen LogP contribution in [0.25, 0.3) is 0 Å². The third kappa shape index (κ3) is 9.25. The van der Waals surface area contributed by atoms with Crippen LogP contribution in [0.3, 0.4) is 0 Å². The second-order valence-electron chi connectivity index (χ2n) is 4.37. The lowest BCUT2D eigenvalue weighted by Crippen LogP contribution is -2.41. The van der Waals surface area contributed by atoms with Crippen molar-refractivity contribution in [2.24, 2.45) is 5.92 Å². The number of carbonyl (C=O) groups excluding carboxylic acids is 1. The van der Waals surface area contributed by atoms with Crippen molar-refractivity contribution in [3.63, 3.8) is 0 Å². The van der Waals surface area contributed by atoms with Gasteiger partial charge in [0.05, 0.1) is 12.2 Å². The average Bonchev–Trinajstić information content (AvgIpc) is 2.26. The summed E-state index contributed by atoms with van der Waals surface area (Å²) in [5.41, 5.74) is 0. The van der Waals surface area contributed by atoms with E-state index in [4.69, 9.17) is 5.11 Å². The molecule has 8 nitrogen and oxygen atoms in total. The van der Waals surface area contributed by atoms with Gasteiger partial charge in [0, 0.05) is 26.7 Å². The van der Waals surface area contributed by atoms with E-state index in [1.807, 2.05) is 0 Å². The number of amides is 2. The van der Waals surface area contributed by atoms with Crippen LogP contribution in [0.1, 0.15) is 13.3 Å². The number of hydrogen-bond acceptors (Lipinski definition) is 4. The van der Waals surface area contributed by atoms with E-state index in [0.717, 1.165) is 6.26 Å². The first-order valence-electron chi connectivity index (χ1n) is 5.80. The first-order chi connectivity index (χ1) is 8.63. The molecule has 0 aliphatic rings. The molecule has 0 heterocycles. The summed E-state index contributed by atoms with van der Waals surface area (Å²) in [5.74, 6) is -1.60. The van der Waals surface area contributed by atoms with E-state index in [2.05, 4.69) is 10.0 Å². The topological polar surface area (TPSA) is 116 Å². The predicted octanol–water partition coefficient (Wildman–Crippen LogP) is -0.712. The largest absolute Gasteiger partial charge is 0.481 e. The summed E-state index contributed by atoms with van der Waals surface area (Å²) in [6.45, 7) is 2.19. The summed E-state index contributed by atoms with van der Waals surface area (Å²) < 4.78 is 23.8. The van der Waals surface area contributed by atoms with Crippen LogP contribution in [-0.2, 0) is 14.8 Å². The third-order valence-corrected chi connectivity index (χ3v) is 3.04. The fourth-order valence-corrected chi connectivity index (χ4v) is 1.76. The summed E-state index contributed by atoms with van der Waals surface area (Å²) in [6, 6.07) is -0.382. The van der Waals surface area contributed by atoms with Gasteiger partial charge in [-0.2, -0.15) is 0 Å². The van der Waals surface area contributed by atoms with Gasteiger partial charge in [0.15, 0.2) is 0 Å². The van der Waals surface area contributed by atoms with Gasteiger partial charge in [-0.25, -0.2) is 17.9 Å². The van der Waals surface area contributed by atoms with Gasteiger partial charge in [0.2, 0.25) is 10.0 Å². The smallest absolute Gasteiger partial charge is 0.317 e. The maximum atomic E-state index is 11.5. The van der Waals surface area contributed by atoms with E-state index in [-0.39, 0.29) is 19.1 Å². The van der Waals surface area contributed by atoms with Gasteiger partial charge in [-0.05, 0) is 6.42 Å². The predicted molar refractivity (Wildman–Crippen MR) is 70.3 cm³/mol. The Kier molecular flexibility index (Phi) is 7.38. The number of hydrogen-bond donors (Lipinski definition) is 3. The second kappa shape index (κ2) is 7.95. The molecule has 0 saturated heterocycles. The molecule has 1 atom stereocenters. The van der Waals surface area contributed by atoms with Crippen molar-refractivity contribution >= 4 is 22.0 Å². The number of urea groups is 1. The minimum Gasteiger partial charge on any atom is -0.481 e. The first kappa shape index (κ1) is 17.6. The van der Waals surface area contributed by atoms with Crippen molar-refractivity contribution < 1.29 is 23.1 Å². The molecule has 0 aromatic rings. The molecule has 1 unspecified atom stereocenters. The fourth-order valence-electron chi connectivity index (χ4n) is 1.25. The number of sulfonamides is 1. The molecule has 0 bridgehead atoms. The molecule has 0 aliphatic heterocycles. The molecular weight excluding hydrogens is 274 g/mol. The van der Waals surface area contributed by atoms with Crippen molar-refractivity contribution in [1.82, 2.24) is 14.9 Å². The molecule has 0 saturated carbocycles. The summed E-state index contributed by atoms with van der Waals surface area (Å²) in [6.07, 6.45) is 1.52. The highest BCUT2D eigenvalue weighted by Crippen LogP contribution is 1.98. The van der Waals surface area contributed by atoms with Crippen LogP contribution >= 0.6 is 0 Å². The summed E-state index contributed by atoms with van der Waals surface area (Å²) >= 11 is 0. The molecule has 0 aliphatic carbocycles. The van der Waals surface area contributed by atoms with E-state index in [0.29, 0.717) is 13.0 Å². The van der Waals surface area contributed by atoms with Gasteiger partial charge in [-0.1, -0.05) is 6.92 Å². The average molecular weight is 295 g/mol. The van der Waals surface area contributed by atoms with Crippen LogP contribution < -0.4 is 10.0 Å². The Labute approximate surface area is 113 Å². The van der Waals surface area contributed by atoms with E-state index in [1.54, 1.807) is 0 Å². The minimum atomic E-state index is -3.20. The maximum absolute atomic E-state index is 11.5. The van der Waals surface area contributed by atoms with Gasteiger partial charge in [-0.15, -0.1) is 0 Å². The highest BCUT2D eigenvalue weighted by Gasteiger charge is 2.16. The van der Waals surface area contributed by atoms with Gasteiger partial charge in [0.1, 0.15) is 0 Å². The molecule has 0 radical (unpaired) electrons. The molecular formula is C10H21N3O5S. The summed E-state index contributed by atoms with van der Waals surface area (Å²) in [4.78, 5) is 23.5. The zero-order valence-electron chi connectivity index (χ0n) is 11.3. The number of nitrogens with one attached hydrogen (secondary N) is 2. The molecule has 112 valence electrons. The van der Waals surface area contributed by atoms with Gasteiger partial charge >= 0.3 is 12.0 Å². The van der Waals surface area contributed by atoms with Crippen LogP contribution in [-0.4, -0.2) is 63.4 Å². The Balaban J connectivity index is 3.83. The Morgan fingerprint density at radius 3 is 2.37 bits per heavy atom. The van der Waals surface area contributed by atoms with Crippen LogP contribution in [0, 0.1) is 5.92 Å². The Morgan fingerprint density at radius 2 is 1.89 bits per heavy atom. The van der Waals surface area contributed by atoms with Crippen LogP contribution in [0.15, 0.2) is 0 Å². The van der Waals surface area contributed by atoms with Gasteiger partial charge < -0.3 is 15.3 Å². The minimum absolute atomic E-state index is 0.114. The lowest BCUT2D eigenvalue weighted by Gasteiger charge is -2.19. The monoisotopic (exact) mass is 295 g/mol. The van der Waals surface area contributed by atoms with E-state index < -0.39 is 21.9 Å². The van der Waals surface area contributed by atoms with Crippen molar-refractivity contribution in [3.05, 3.63) is 0 Å². The highest BCUT2D eigenvalue weighted by molar-refractivity contribution is 7.88. The Bertz CT molecular complexity index is 409.